The monoisotopic (exact) mass is 423 g/mol. The zero-order valence-electron chi connectivity index (χ0n) is 16.9. The van der Waals surface area contributed by atoms with Gasteiger partial charge in [-0.05, 0) is 50.3 Å². The highest BCUT2D eigenvalue weighted by atomic mass is 32.2. The molecule has 7 heteroatoms. The first-order valence-corrected chi connectivity index (χ1v) is 11.9. The third-order valence-corrected chi connectivity index (χ3v) is 7.17. The highest BCUT2D eigenvalue weighted by molar-refractivity contribution is 7.99. The van der Waals surface area contributed by atoms with Crippen molar-refractivity contribution in [2.24, 2.45) is 5.41 Å². The van der Waals surface area contributed by atoms with Crippen molar-refractivity contribution in [3.63, 3.8) is 0 Å². The highest BCUT2D eigenvalue weighted by Crippen LogP contribution is 2.25. The lowest BCUT2D eigenvalue weighted by molar-refractivity contribution is -0.149. The SMILES string of the molecule is COC(=O)C(C)(C)CSCCCCCSCCN1C(=O)c2ccccc2C1=O. The molecule has 0 aliphatic carbocycles. The lowest BCUT2D eigenvalue weighted by atomic mass is 9.97. The zero-order chi connectivity index (χ0) is 20.6. The van der Waals surface area contributed by atoms with E-state index in [0.717, 1.165) is 42.3 Å². The van der Waals surface area contributed by atoms with Gasteiger partial charge in [-0.3, -0.25) is 19.3 Å². The van der Waals surface area contributed by atoms with Gasteiger partial charge in [0.05, 0.1) is 23.7 Å². The first kappa shape index (κ1) is 22.8. The largest absolute Gasteiger partial charge is 0.469 e. The lowest BCUT2D eigenvalue weighted by Crippen LogP contribution is -2.31. The minimum Gasteiger partial charge on any atom is -0.469 e. The number of hydrogen-bond acceptors (Lipinski definition) is 6. The fourth-order valence-corrected chi connectivity index (χ4v) is 5.05. The molecule has 2 amide bonds. The van der Waals surface area contributed by atoms with E-state index in [9.17, 15) is 14.4 Å². The van der Waals surface area contributed by atoms with Crippen molar-refractivity contribution in [3.05, 3.63) is 35.4 Å². The van der Waals surface area contributed by atoms with E-state index in [0.29, 0.717) is 17.7 Å². The first-order chi connectivity index (χ1) is 13.4. The van der Waals surface area contributed by atoms with Gasteiger partial charge in [0.25, 0.3) is 11.8 Å². The molecule has 0 saturated carbocycles. The van der Waals surface area contributed by atoms with Gasteiger partial charge in [0, 0.05) is 18.1 Å². The number of amides is 2. The average Bonchev–Trinajstić information content (AvgIpc) is 2.93. The number of carbonyl (C=O) groups is 3. The maximum absolute atomic E-state index is 12.3. The Morgan fingerprint density at radius 3 is 2.11 bits per heavy atom. The molecule has 0 bridgehead atoms. The van der Waals surface area contributed by atoms with Gasteiger partial charge in [-0.2, -0.15) is 23.5 Å². The number of nitrogens with zero attached hydrogens (tertiary/aromatic N) is 1. The lowest BCUT2D eigenvalue weighted by Gasteiger charge is -2.20. The molecule has 0 N–H and O–H groups in total. The molecular weight excluding hydrogens is 394 g/mol. The van der Waals surface area contributed by atoms with Gasteiger partial charge in [-0.15, -0.1) is 0 Å². The zero-order valence-corrected chi connectivity index (χ0v) is 18.5. The predicted molar refractivity (Wildman–Crippen MR) is 116 cm³/mol. The molecule has 0 aromatic heterocycles. The molecule has 1 aliphatic rings. The number of benzene rings is 1. The van der Waals surface area contributed by atoms with Gasteiger partial charge in [-0.25, -0.2) is 0 Å². The number of imide groups is 1. The predicted octanol–water partition coefficient (Wildman–Crippen LogP) is 4.12. The molecule has 0 saturated heterocycles. The van der Waals surface area contributed by atoms with Crippen LogP contribution in [0.15, 0.2) is 24.3 Å². The minimum atomic E-state index is -0.431. The Morgan fingerprint density at radius 2 is 1.54 bits per heavy atom. The number of fused-ring (bicyclic) bond motifs is 1. The molecule has 0 radical (unpaired) electrons. The standard InChI is InChI=1S/C21H29NO4S2/c1-21(2,20(25)26-3)15-28-13-8-4-7-12-27-14-11-22-18(23)16-9-5-6-10-17(16)19(22)24/h5-6,9-10H,4,7-8,11-15H2,1-3H3. The van der Waals surface area contributed by atoms with Crippen LogP contribution in [0.1, 0.15) is 53.8 Å². The molecule has 154 valence electrons. The molecular formula is C21H29NO4S2. The maximum Gasteiger partial charge on any atom is 0.312 e. The molecule has 0 unspecified atom stereocenters. The van der Waals surface area contributed by atoms with Crippen molar-refractivity contribution in [2.45, 2.75) is 33.1 Å². The summed E-state index contributed by atoms with van der Waals surface area (Å²) >= 11 is 3.58. The third-order valence-electron chi connectivity index (χ3n) is 4.62. The summed E-state index contributed by atoms with van der Waals surface area (Å²) in [4.78, 5) is 37.5. The van der Waals surface area contributed by atoms with Crippen LogP contribution in [0.4, 0.5) is 0 Å². The van der Waals surface area contributed by atoms with Gasteiger partial charge in [0.2, 0.25) is 0 Å². The molecule has 1 aromatic rings. The van der Waals surface area contributed by atoms with E-state index >= 15 is 0 Å². The van der Waals surface area contributed by atoms with E-state index in [1.807, 2.05) is 13.8 Å². The van der Waals surface area contributed by atoms with Gasteiger partial charge in [0.1, 0.15) is 0 Å². The fraction of sp³-hybridized carbons (Fsp3) is 0.571. The molecule has 0 fully saturated rings. The number of ether oxygens (including phenoxy) is 1. The van der Waals surface area contributed by atoms with Gasteiger partial charge in [-0.1, -0.05) is 18.6 Å². The summed E-state index contributed by atoms with van der Waals surface area (Å²) in [6, 6.07) is 7.01. The van der Waals surface area contributed by atoms with Crippen molar-refractivity contribution < 1.29 is 19.1 Å². The van der Waals surface area contributed by atoms with Gasteiger partial charge >= 0.3 is 5.97 Å². The summed E-state index contributed by atoms with van der Waals surface area (Å²) in [5.74, 6) is 3.11. The second-order valence-corrected chi connectivity index (χ2v) is 9.74. The van der Waals surface area contributed by atoms with E-state index in [-0.39, 0.29) is 17.8 Å². The van der Waals surface area contributed by atoms with Crippen LogP contribution in [0.25, 0.3) is 0 Å². The molecule has 1 aromatic carbocycles. The number of thioether (sulfide) groups is 2. The summed E-state index contributed by atoms with van der Waals surface area (Å²) in [5.41, 5.74) is 0.607. The Bertz CT molecular complexity index is 670. The molecule has 1 heterocycles. The summed E-state index contributed by atoms with van der Waals surface area (Å²) < 4.78 is 4.82. The van der Waals surface area contributed by atoms with Crippen LogP contribution in [0.5, 0.6) is 0 Å². The van der Waals surface area contributed by atoms with Crippen molar-refractivity contribution >= 4 is 41.3 Å². The van der Waals surface area contributed by atoms with Crippen LogP contribution in [0.3, 0.4) is 0 Å². The minimum absolute atomic E-state index is 0.158. The van der Waals surface area contributed by atoms with Crippen LogP contribution < -0.4 is 0 Å². The number of hydrogen-bond donors (Lipinski definition) is 0. The molecule has 1 aliphatic heterocycles. The number of rotatable bonds is 12. The van der Waals surface area contributed by atoms with Crippen molar-refractivity contribution in [1.82, 2.24) is 4.90 Å². The van der Waals surface area contributed by atoms with Crippen LogP contribution in [0.2, 0.25) is 0 Å². The Labute approximate surface area is 176 Å². The fourth-order valence-electron chi connectivity index (χ4n) is 2.95. The van der Waals surface area contributed by atoms with Crippen LogP contribution in [-0.4, -0.2) is 59.3 Å². The highest BCUT2D eigenvalue weighted by Gasteiger charge is 2.34. The van der Waals surface area contributed by atoms with Crippen molar-refractivity contribution in [1.29, 1.82) is 0 Å². The molecule has 28 heavy (non-hydrogen) atoms. The summed E-state index contributed by atoms with van der Waals surface area (Å²) in [7, 11) is 1.43. The normalized spacial score (nSPS) is 13.8. The summed E-state index contributed by atoms with van der Waals surface area (Å²) in [6.45, 7) is 4.29. The topological polar surface area (TPSA) is 63.7 Å². The van der Waals surface area contributed by atoms with E-state index < -0.39 is 5.41 Å². The summed E-state index contributed by atoms with van der Waals surface area (Å²) in [5, 5.41) is 0. The first-order valence-electron chi connectivity index (χ1n) is 9.57. The van der Waals surface area contributed by atoms with Gasteiger partial charge < -0.3 is 4.74 Å². The van der Waals surface area contributed by atoms with Crippen LogP contribution in [-0.2, 0) is 9.53 Å². The average molecular weight is 424 g/mol. The van der Waals surface area contributed by atoms with E-state index in [1.165, 1.54) is 12.0 Å². The number of carbonyl (C=O) groups excluding carboxylic acids is 3. The molecule has 2 rings (SSSR count). The second-order valence-electron chi connectivity index (χ2n) is 7.41. The Morgan fingerprint density at radius 1 is 0.964 bits per heavy atom. The smallest absolute Gasteiger partial charge is 0.312 e. The van der Waals surface area contributed by atoms with E-state index in [1.54, 1.807) is 47.8 Å². The van der Waals surface area contributed by atoms with Gasteiger partial charge in [0.15, 0.2) is 0 Å². The Balaban J connectivity index is 1.51. The second kappa shape index (κ2) is 10.9. The summed E-state index contributed by atoms with van der Waals surface area (Å²) in [6.07, 6.45) is 3.39. The van der Waals surface area contributed by atoms with Crippen molar-refractivity contribution in [2.75, 3.05) is 36.7 Å². The quantitative estimate of drug-likeness (QED) is 0.286. The Hall–Kier alpha value is -1.47. The van der Waals surface area contributed by atoms with Crippen LogP contribution >= 0.6 is 23.5 Å². The molecule has 0 atom stereocenters. The van der Waals surface area contributed by atoms with E-state index in [4.69, 9.17) is 4.74 Å². The molecule has 5 nitrogen and oxygen atoms in total. The maximum atomic E-state index is 12.3. The third kappa shape index (κ3) is 6.01. The number of unbranched alkanes of at least 4 members (excludes halogenated alkanes) is 2. The number of methoxy groups -OCH3 is 1. The van der Waals surface area contributed by atoms with E-state index in [2.05, 4.69) is 0 Å². The number of esters is 1. The molecule has 0 spiro atoms. The Kier molecular flexibility index (Phi) is 8.89. The van der Waals surface area contributed by atoms with Crippen molar-refractivity contribution in [3.8, 4) is 0 Å². The van der Waals surface area contributed by atoms with Crippen LogP contribution in [0, 0.1) is 5.41 Å².